The normalized spacial score (nSPS) is 15.7. The van der Waals surface area contributed by atoms with E-state index in [9.17, 15) is 5.11 Å². The van der Waals surface area contributed by atoms with E-state index in [1.165, 1.54) is 19.3 Å². The summed E-state index contributed by atoms with van der Waals surface area (Å²) in [6.07, 6.45) is 3.10. The SMILES string of the molecule is CCOC[C@H](O)CN(CCN(C)C)Cc1c(-c2ccccc2)noc1N1CCCCC1. The molecule has 1 N–H and O–H groups in total. The molecule has 0 spiro atoms. The minimum atomic E-state index is -0.527. The van der Waals surface area contributed by atoms with E-state index in [-0.39, 0.29) is 0 Å². The summed E-state index contributed by atoms with van der Waals surface area (Å²) in [7, 11) is 4.14. The predicted molar refractivity (Wildman–Crippen MR) is 124 cm³/mol. The van der Waals surface area contributed by atoms with Gasteiger partial charge >= 0.3 is 0 Å². The average molecular weight is 431 g/mol. The molecule has 1 fully saturated rings. The van der Waals surface area contributed by atoms with Crippen molar-refractivity contribution >= 4 is 5.88 Å². The summed E-state index contributed by atoms with van der Waals surface area (Å²) in [6.45, 7) is 7.89. The summed E-state index contributed by atoms with van der Waals surface area (Å²) in [4.78, 5) is 6.79. The van der Waals surface area contributed by atoms with Gasteiger partial charge in [-0.15, -0.1) is 0 Å². The maximum absolute atomic E-state index is 10.5. The van der Waals surface area contributed by atoms with Crippen LogP contribution in [-0.2, 0) is 11.3 Å². The number of likely N-dealkylation sites (N-methyl/N-ethyl adjacent to an activating group) is 1. The van der Waals surface area contributed by atoms with Crippen LogP contribution in [0.5, 0.6) is 0 Å². The highest BCUT2D eigenvalue weighted by Gasteiger charge is 2.26. The number of aliphatic hydroxyl groups excluding tert-OH is 1. The number of anilines is 1. The number of aliphatic hydroxyl groups is 1. The van der Waals surface area contributed by atoms with Gasteiger partial charge in [0.2, 0.25) is 5.88 Å². The molecule has 1 aromatic heterocycles. The Labute approximate surface area is 186 Å². The molecule has 1 aliphatic rings. The number of aromatic nitrogens is 1. The number of nitrogens with zero attached hydrogens (tertiary/aromatic N) is 4. The summed E-state index contributed by atoms with van der Waals surface area (Å²) in [5.74, 6) is 0.882. The molecule has 172 valence electrons. The van der Waals surface area contributed by atoms with Crippen LogP contribution in [0.2, 0.25) is 0 Å². The Morgan fingerprint density at radius 3 is 2.55 bits per heavy atom. The standard InChI is InChI=1S/C24H38N4O3/c1-4-30-19-21(29)17-27(16-15-26(2)3)18-22-23(20-11-7-5-8-12-20)25-31-24(22)28-13-9-6-10-14-28/h5,7-8,11-12,21,29H,4,6,9-10,13-19H2,1-3H3/t21-/m1/s1. The molecular weight excluding hydrogens is 392 g/mol. The second-order valence-corrected chi connectivity index (χ2v) is 8.58. The minimum Gasteiger partial charge on any atom is -0.389 e. The van der Waals surface area contributed by atoms with Gasteiger partial charge in [-0.1, -0.05) is 35.5 Å². The van der Waals surface area contributed by atoms with E-state index in [4.69, 9.17) is 9.26 Å². The van der Waals surface area contributed by atoms with Crippen LogP contribution in [0.1, 0.15) is 31.7 Å². The third-order valence-electron chi connectivity index (χ3n) is 5.69. The molecule has 1 atom stereocenters. The second-order valence-electron chi connectivity index (χ2n) is 8.58. The minimum absolute atomic E-state index is 0.350. The fourth-order valence-electron chi connectivity index (χ4n) is 4.02. The van der Waals surface area contributed by atoms with E-state index in [0.717, 1.165) is 48.9 Å². The summed E-state index contributed by atoms with van der Waals surface area (Å²) in [5, 5.41) is 15.0. The number of benzene rings is 1. The van der Waals surface area contributed by atoms with Gasteiger partial charge in [0, 0.05) is 51.4 Å². The van der Waals surface area contributed by atoms with Crippen LogP contribution < -0.4 is 4.90 Å². The molecule has 7 nitrogen and oxygen atoms in total. The molecule has 3 rings (SSSR count). The zero-order valence-corrected chi connectivity index (χ0v) is 19.3. The van der Waals surface area contributed by atoms with Crippen molar-refractivity contribution in [1.82, 2.24) is 15.0 Å². The summed E-state index contributed by atoms with van der Waals surface area (Å²) in [5.41, 5.74) is 3.07. The molecule has 0 bridgehead atoms. The highest BCUT2D eigenvalue weighted by Crippen LogP contribution is 2.33. The van der Waals surface area contributed by atoms with Gasteiger partial charge in [0.05, 0.1) is 18.3 Å². The highest BCUT2D eigenvalue weighted by atomic mass is 16.5. The predicted octanol–water partition coefficient (Wildman–Crippen LogP) is 3.09. The van der Waals surface area contributed by atoms with Crippen LogP contribution >= 0.6 is 0 Å². The lowest BCUT2D eigenvalue weighted by Gasteiger charge is -2.29. The van der Waals surface area contributed by atoms with Gasteiger partial charge in [-0.3, -0.25) is 4.90 Å². The van der Waals surface area contributed by atoms with Crippen LogP contribution in [0, 0.1) is 0 Å². The zero-order chi connectivity index (χ0) is 22.1. The van der Waals surface area contributed by atoms with Crippen molar-refractivity contribution in [3.8, 4) is 11.3 Å². The lowest BCUT2D eigenvalue weighted by Crippen LogP contribution is -2.39. The van der Waals surface area contributed by atoms with Gasteiger partial charge in [0.25, 0.3) is 0 Å². The van der Waals surface area contributed by atoms with E-state index < -0.39 is 6.10 Å². The molecule has 0 aliphatic carbocycles. The first-order valence-corrected chi connectivity index (χ1v) is 11.5. The van der Waals surface area contributed by atoms with Crippen LogP contribution in [0.15, 0.2) is 34.9 Å². The van der Waals surface area contributed by atoms with Crippen LogP contribution in [0.25, 0.3) is 11.3 Å². The lowest BCUT2D eigenvalue weighted by molar-refractivity contribution is 0.0186. The zero-order valence-electron chi connectivity index (χ0n) is 19.3. The first-order valence-electron chi connectivity index (χ1n) is 11.5. The van der Waals surface area contributed by atoms with Gasteiger partial charge in [-0.05, 0) is 40.3 Å². The first kappa shape index (κ1) is 23.7. The highest BCUT2D eigenvalue weighted by molar-refractivity contribution is 5.68. The van der Waals surface area contributed by atoms with Crippen molar-refractivity contribution in [1.29, 1.82) is 0 Å². The molecular formula is C24H38N4O3. The van der Waals surface area contributed by atoms with Crippen molar-refractivity contribution in [2.24, 2.45) is 0 Å². The Kier molecular flexibility index (Phi) is 9.33. The van der Waals surface area contributed by atoms with E-state index in [1.807, 2.05) is 25.1 Å². The molecule has 31 heavy (non-hydrogen) atoms. The summed E-state index contributed by atoms with van der Waals surface area (Å²) < 4.78 is 11.4. The number of piperidine rings is 1. The third-order valence-corrected chi connectivity index (χ3v) is 5.69. The van der Waals surface area contributed by atoms with Crippen LogP contribution in [0.3, 0.4) is 0 Å². The van der Waals surface area contributed by atoms with Gasteiger partial charge in [-0.2, -0.15) is 0 Å². The Morgan fingerprint density at radius 1 is 1.13 bits per heavy atom. The van der Waals surface area contributed by atoms with E-state index in [1.54, 1.807) is 0 Å². The monoisotopic (exact) mass is 430 g/mol. The van der Waals surface area contributed by atoms with E-state index in [0.29, 0.717) is 26.3 Å². The quantitative estimate of drug-likeness (QED) is 0.555. The molecule has 2 heterocycles. The Bertz CT molecular complexity index is 759. The third kappa shape index (κ3) is 7.04. The molecule has 1 aliphatic heterocycles. The number of ether oxygens (including phenoxy) is 1. The van der Waals surface area contributed by atoms with Crippen molar-refractivity contribution < 1.29 is 14.4 Å². The van der Waals surface area contributed by atoms with Crippen molar-refractivity contribution in [2.75, 3.05) is 64.9 Å². The van der Waals surface area contributed by atoms with Gasteiger partial charge in [0.1, 0.15) is 5.69 Å². The van der Waals surface area contributed by atoms with Crippen molar-refractivity contribution in [2.45, 2.75) is 38.8 Å². The molecule has 0 saturated carbocycles. The largest absolute Gasteiger partial charge is 0.389 e. The molecule has 0 amide bonds. The van der Waals surface area contributed by atoms with Crippen LogP contribution in [-0.4, -0.2) is 86.2 Å². The van der Waals surface area contributed by atoms with E-state index in [2.05, 4.69) is 46.1 Å². The van der Waals surface area contributed by atoms with Crippen molar-refractivity contribution in [3.05, 3.63) is 35.9 Å². The maximum Gasteiger partial charge on any atom is 0.232 e. The molecule has 1 aromatic carbocycles. The summed E-state index contributed by atoms with van der Waals surface area (Å²) >= 11 is 0. The fourth-order valence-corrected chi connectivity index (χ4v) is 4.02. The maximum atomic E-state index is 10.5. The topological polar surface area (TPSA) is 65.2 Å². The Morgan fingerprint density at radius 2 is 1.87 bits per heavy atom. The lowest BCUT2D eigenvalue weighted by atomic mass is 10.1. The average Bonchev–Trinajstić information content (AvgIpc) is 3.20. The number of hydrogen-bond acceptors (Lipinski definition) is 7. The molecule has 2 aromatic rings. The molecule has 1 saturated heterocycles. The van der Waals surface area contributed by atoms with E-state index >= 15 is 0 Å². The Balaban J connectivity index is 1.87. The molecule has 0 unspecified atom stereocenters. The van der Waals surface area contributed by atoms with Crippen molar-refractivity contribution in [3.63, 3.8) is 0 Å². The smallest absolute Gasteiger partial charge is 0.232 e. The van der Waals surface area contributed by atoms with Crippen LogP contribution in [0.4, 0.5) is 5.88 Å². The summed E-state index contributed by atoms with van der Waals surface area (Å²) in [6, 6.07) is 10.2. The molecule has 7 heteroatoms. The number of rotatable bonds is 12. The first-order chi connectivity index (χ1) is 15.1. The second kappa shape index (κ2) is 12.2. The van der Waals surface area contributed by atoms with Gasteiger partial charge < -0.3 is 24.2 Å². The van der Waals surface area contributed by atoms with Gasteiger partial charge in [0.15, 0.2) is 0 Å². The Hall–Kier alpha value is -1.93. The number of hydrogen-bond donors (Lipinski definition) is 1. The molecule has 0 radical (unpaired) electrons. The van der Waals surface area contributed by atoms with Gasteiger partial charge in [-0.25, -0.2) is 0 Å². The fraction of sp³-hybridized carbons (Fsp3) is 0.625.